The van der Waals surface area contributed by atoms with Gasteiger partial charge in [-0.05, 0) is 17.8 Å². The highest BCUT2D eigenvalue weighted by atomic mass is 16.2. The minimum atomic E-state index is -0.534. The number of carbonyl (C=O) groups is 2. The largest absolute Gasteiger partial charge is 0.402 e. The standard InChI is InChI=1S/C18H35N3O2/c1-11(2)10-14(12(3)13(4)19)17(23)21(9)15(16(22)20-8)18(5,6)7/h11-12,14-15H,4,10,19H2,1-3,5-9H3,(H,20,22)/t12-,14-,15-/m1/s1. The summed E-state index contributed by atoms with van der Waals surface area (Å²) in [7, 11) is 3.29. The Kier molecular flexibility index (Phi) is 7.81. The van der Waals surface area contributed by atoms with Crippen molar-refractivity contribution in [1.29, 1.82) is 0 Å². The minimum absolute atomic E-state index is 0.0543. The van der Waals surface area contributed by atoms with E-state index >= 15 is 0 Å². The summed E-state index contributed by atoms with van der Waals surface area (Å²) in [5.41, 5.74) is 5.99. The maximum absolute atomic E-state index is 13.1. The summed E-state index contributed by atoms with van der Waals surface area (Å²) in [5.74, 6) is -0.255. The summed E-state index contributed by atoms with van der Waals surface area (Å²) in [5, 5.41) is 2.66. The van der Waals surface area contributed by atoms with E-state index in [1.165, 1.54) is 0 Å². The van der Waals surface area contributed by atoms with Gasteiger partial charge in [-0.25, -0.2) is 0 Å². The molecular weight excluding hydrogens is 290 g/mol. The fraction of sp³-hybridized carbons (Fsp3) is 0.778. The zero-order valence-corrected chi connectivity index (χ0v) is 16.1. The topological polar surface area (TPSA) is 75.4 Å². The molecule has 0 unspecified atom stereocenters. The first-order valence-corrected chi connectivity index (χ1v) is 8.27. The monoisotopic (exact) mass is 325 g/mol. The molecule has 5 nitrogen and oxygen atoms in total. The number of amides is 2. The van der Waals surface area contributed by atoms with Gasteiger partial charge in [0, 0.05) is 31.6 Å². The molecular formula is C18H35N3O2. The second kappa shape index (κ2) is 8.37. The van der Waals surface area contributed by atoms with Crippen LogP contribution in [0.5, 0.6) is 0 Å². The van der Waals surface area contributed by atoms with Crippen molar-refractivity contribution in [2.45, 2.75) is 54.0 Å². The Morgan fingerprint density at radius 2 is 1.70 bits per heavy atom. The Morgan fingerprint density at radius 1 is 1.22 bits per heavy atom. The fourth-order valence-electron chi connectivity index (χ4n) is 2.96. The second-order valence-corrected chi connectivity index (χ2v) is 7.93. The molecule has 5 heteroatoms. The first-order valence-electron chi connectivity index (χ1n) is 8.27. The van der Waals surface area contributed by atoms with E-state index in [0.29, 0.717) is 18.0 Å². The zero-order valence-electron chi connectivity index (χ0n) is 16.1. The number of nitrogens with one attached hydrogen (secondary N) is 1. The van der Waals surface area contributed by atoms with Crippen molar-refractivity contribution in [1.82, 2.24) is 10.2 Å². The molecule has 23 heavy (non-hydrogen) atoms. The summed E-state index contributed by atoms with van der Waals surface area (Å²) in [6.45, 7) is 15.7. The average Bonchev–Trinajstić information content (AvgIpc) is 2.41. The van der Waals surface area contributed by atoms with Crippen LogP contribution in [0.4, 0.5) is 0 Å². The number of likely N-dealkylation sites (N-methyl/N-ethyl adjacent to an activating group) is 2. The molecule has 0 aliphatic heterocycles. The van der Waals surface area contributed by atoms with Crippen molar-refractivity contribution >= 4 is 11.8 Å². The van der Waals surface area contributed by atoms with E-state index in [9.17, 15) is 9.59 Å². The molecule has 0 aromatic carbocycles. The third-order valence-corrected chi connectivity index (χ3v) is 4.28. The number of hydrogen-bond acceptors (Lipinski definition) is 3. The van der Waals surface area contributed by atoms with E-state index in [1.807, 2.05) is 27.7 Å². The van der Waals surface area contributed by atoms with E-state index in [1.54, 1.807) is 19.0 Å². The van der Waals surface area contributed by atoms with Crippen LogP contribution >= 0.6 is 0 Å². The van der Waals surface area contributed by atoms with Crippen LogP contribution in [0.1, 0.15) is 48.0 Å². The molecule has 0 fully saturated rings. The van der Waals surface area contributed by atoms with Gasteiger partial charge < -0.3 is 16.0 Å². The summed E-state index contributed by atoms with van der Waals surface area (Å²) in [4.78, 5) is 27.0. The van der Waals surface area contributed by atoms with Crippen LogP contribution in [-0.2, 0) is 9.59 Å². The molecule has 134 valence electrons. The van der Waals surface area contributed by atoms with E-state index in [-0.39, 0.29) is 29.1 Å². The number of allylic oxidation sites excluding steroid dienone is 1. The highest BCUT2D eigenvalue weighted by Crippen LogP contribution is 2.30. The maximum atomic E-state index is 13.1. The third kappa shape index (κ3) is 5.88. The van der Waals surface area contributed by atoms with Crippen molar-refractivity contribution in [2.24, 2.45) is 28.9 Å². The summed E-state index contributed by atoms with van der Waals surface area (Å²) >= 11 is 0. The van der Waals surface area contributed by atoms with Crippen LogP contribution in [0.25, 0.3) is 0 Å². The van der Waals surface area contributed by atoms with E-state index in [2.05, 4.69) is 25.7 Å². The van der Waals surface area contributed by atoms with Gasteiger partial charge in [0.2, 0.25) is 11.8 Å². The molecule has 2 amide bonds. The van der Waals surface area contributed by atoms with Gasteiger partial charge in [-0.3, -0.25) is 9.59 Å². The molecule has 0 aromatic rings. The minimum Gasteiger partial charge on any atom is -0.402 e. The molecule has 3 N–H and O–H groups in total. The van der Waals surface area contributed by atoms with Gasteiger partial charge in [-0.15, -0.1) is 0 Å². The summed E-state index contributed by atoms with van der Waals surface area (Å²) in [6.07, 6.45) is 0.713. The molecule has 0 bridgehead atoms. The van der Waals surface area contributed by atoms with Gasteiger partial charge in [-0.1, -0.05) is 48.1 Å². The van der Waals surface area contributed by atoms with Crippen molar-refractivity contribution in [3.05, 3.63) is 12.3 Å². The Hall–Kier alpha value is -1.52. The predicted molar refractivity (Wildman–Crippen MR) is 95.5 cm³/mol. The normalized spacial score (nSPS) is 15.7. The second-order valence-electron chi connectivity index (χ2n) is 7.93. The van der Waals surface area contributed by atoms with Crippen molar-refractivity contribution in [3.63, 3.8) is 0 Å². The Morgan fingerprint density at radius 3 is 2.00 bits per heavy atom. The Labute approximate surface area is 141 Å². The van der Waals surface area contributed by atoms with Crippen LogP contribution in [-0.4, -0.2) is 36.9 Å². The quantitative estimate of drug-likeness (QED) is 0.754. The van der Waals surface area contributed by atoms with Crippen LogP contribution in [0.3, 0.4) is 0 Å². The summed E-state index contributed by atoms with van der Waals surface area (Å²) in [6, 6.07) is -0.534. The zero-order chi connectivity index (χ0) is 18.5. The Bertz CT molecular complexity index is 438. The van der Waals surface area contributed by atoms with Gasteiger partial charge in [0.1, 0.15) is 6.04 Å². The SMILES string of the molecule is C=C(N)[C@@H](C)[C@@H](CC(C)C)C(=O)N(C)[C@H](C(=O)NC)C(C)(C)C. The van der Waals surface area contributed by atoms with Gasteiger partial charge in [0.15, 0.2) is 0 Å². The third-order valence-electron chi connectivity index (χ3n) is 4.28. The van der Waals surface area contributed by atoms with Crippen molar-refractivity contribution in [2.75, 3.05) is 14.1 Å². The number of nitrogens with two attached hydrogens (primary N) is 1. The average molecular weight is 325 g/mol. The number of nitrogens with zero attached hydrogens (tertiary/aromatic N) is 1. The van der Waals surface area contributed by atoms with E-state index in [4.69, 9.17) is 5.73 Å². The highest BCUT2D eigenvalue weighted by Gasteiger charge is 2.40. The predicted octanol–water partition coefficient (Wildman–Crippen LogP) is 2.38. The van der Waals surface area contributed by atoms with Gasteiger partial charge in [-0.2, -0.15) is 0 Å². The molecule has 0 rings (SSSR count). The molecule has 0 saturated carbocycles. The Balaban J connectivity index is 5.61. The summed E-state index contributed by atoms with van der Waals surface area (Å²) < 4.78 is 0. The van der Waals surface area contributed by atoms with Crippen LogP contribution < -0.4 is 11.1 Å². The molecule has 0 aromatic heterocycles. The maximum Gasteiger partial charge on any atom is 0.243 e. The van der Waals surface area contributed by atoms with Crippen molar-refractivity contribution < 1.29 is 9.59 Å². The molecule has 0 spiro atoms. The van der Waals surface area contributed by atoms with Crippen molar-refractivity contribution in [3.8, 4) is 0 Å². The molecule has 0 aliphatic rings. The lowest BCUT2D eigenvalue weighted by atomic mass is 9.81. The van der Waals surface area contributed by atoms with Gasteiger partial charge in [0.25, 0.3) is 0 Å². The highest BCUT2D eigenvalue weighted by molar-refractivity contribution is 5.89. The number of rotatable bonds is 7. The smallest absolute Gasteiger partial charge is 0.243 e. The van der Waals surface area contributed by atoms with Crippen LogP contribution in [0.15, 0.2) is 12.3 Å². The van der Waals surface area contributed by atoms with Crippen LogP contribution in [0.2, 0.25) is 0 Å². The first kappa shape index (κ1) is 21.5. The fourth-order valence-corrected chi connectivity index (χ4v) is 2.96. The van der Waals surface area contributed by atoms with Crippen LogP contribution in [0, 0.1) is 23.2 Å². The molecule has 0 aliphatic carbocycles. The van der Waals surface area contributed by atoms with E-state index in [0.717, 1.165) is 0 Å². The molecule has 0 radical (unpaired) electrons. The van der Waals surface area contributed by atoms with Gasteiger partial charge >= 0.3 is 0 Å². The molecule has 3 atom stereocenters. The number of carbonyl (C=O) groups excluding carboxylic acids is 2. The first-order chi connectivity index (χ1) is 10.3. The molecule has 0 saturated heterocycles. The lowest BCUT2D eigenvalue weighted by Gasteiger charge is -2.39. The lowest BCUT2D eigenvalue weighted by Crippen LogP contribution is -2.55. The number of hydrogen-bond donors (Lipinski definition) is 2. The molecule has 0 heterocycles. The lowest BCUT2D eigenvalue weighted by molar-refractivity contribution is -0.147. The van der Waals surface area contributed by atoms with E-state index < -0.39 is 6.04 Å². The van der Waals surface area contributed by atoms with Gasteiger partial charge in [0.05, 0.1) is 0 Å².